The van der Waals surface area contributed by atoms with Crippen LogP contribution in [-0.2, 0) is 9.47 Å². The Bertz CT molecular complexity index is 2240. The molecule has 2 aliphatic rings. The van der Waals surface area contributed by atoms with Gasteiger partial charge in [-0.05, 0) is 95.8 Å². The lowest BCUT2D eigenvalue weighted by Gasteiger charge is -2.38. The van der Waals surface area contributed by atoms with Crippen LogP contribution in [0.25, 0.3) is 11.0 Å². The molecule has 2 aromatic carbocycles. The van der Waals surface area contributed by atoms with Gasteiger partial charge in [0.05, 0.1) is 21.4 Å². The number of rotatable bonds is 13. The van der Waals surface area contributed by atoms with E-state index in [4.69, 9.17) is 43.4 Å². The van der Waals surface area contributed by atoms with Crippen molar-refractivity contribution in [1.29, 1.82) is 5.26 Å². The number of amides is 2. The number of carbonyl (C=O) groups excluding carboxylic acids is 2. The summed E-state index contributed by atoms with van der Waals surface area (Å²) in [5.74, 6) is 0.310. The molecule has 15 nitrogen and oxygen atoms in total. The number of nitriles is 1. The quantitative estimate of drug-likeness (QED) is 0.0755. The number of fused-ring (bicyclic) bond motifs is 1. The highest BCUT2D eigenvalue weighted by atomic mass is 35.5. The van der Waals surface area contributed by atoms with Gasteiger partial charge in [0.25, 0.3) is 5.56 Å². The molecule has 17 heteroatoms. The SMILES string of the molecule is CC(C)(CCC(C)(C)OC(=O)N1CCN(c2ccc(Nc3ncc4cc(C#N)c(=O)n(C5CCCC5)c4n3)cc2Cl)CC1)OC(=O)NCCNc1ccc(N)cc1Cl. The summed E-state index contributed by atoms with van der Waals surface area (Å²) in [6.45, 7) is 10.1. The smallest absolute Gasteiger partial charge is 0.410 e. The molecule has 0 unspecified atom stereocenters. The van der Waals surface area contributed by atoms with Crippen LogP contribution in [0.2, 0.25) is 10.0 Å². The number of aromatic nitrogens is 3. The second-order valence-electron chi connectivity index (χ2n) is 15.9. The minimum absolute atomic E-state index is 0.00400. The number of hydrogen-bond acceptors (Lipinski definition) is 12. The molecule has 4 aromatic rings. The zero-order valence-corrected chi connectivity index (χ0v) is 34.8. The second-order valence-corrected chi connectivity index (χ2v) is 16.7. The summed E-state index contributed by atoms with van der Waals surface area (Å²) in [6.07, 6.45) is 5.39. The van der Waals surface area contributed by atoms with E-state index < -0.39 is 23.4 Å². The Morgan fingerprint density at radius 3 is 2.33 bits per heavy atom. The third kappa shape index (κ3) is 10.5. The van der Waals surface area contributed by atoms with Crippen LogP contribution in [0.1, 0.15) is 77.8 Å². The molecule has 308 valence electrons. The zero-order valence-electron chi connectivity index (χ0n) is 33.2. The highest BCUT2D eigenvalue weighted by Crippen LogP contribution is 2.33. The molecule has 2 fully saturated rings. The molecule has 0 atom stereocenters. The number of nitrogens with two attached hydrogens (primary N) is 1. The van der Waals surface area contributed by atoms with Gasteiger partial charge in [-0.2, -0.15) is 10.2 Å². The Hall–Kier alpha value is -5.46. The topological polar surface area (TPSA) is 193 Å². The van der Waals surface area contributed by atoms with Crippen molar-refractivity contribution in [2.45, 2.75) is 83.5 Å². The fraction of sp³-hybridized carbons (Fsp3) is 0.463. The standard InChI is InChI=1S/C41H50Cl2N10O5/c1-40(2,57-38(55)47-16-15-46-33-11-9-28(45)22-31(33)42)13-14-41(3,4)58-39(56)52-19-17-51(18-20-52)34-12-10-29(23-32(34)43)49-37-48-25-27-21-26(24-44)36(54)53(35(27)50-37)30-7-5-6-8-30/h9-12,21-23,25,30,46H,5-8,13-20,45H2,1-4H3,(H,47,55)(H,48,49,50). The predicted molar refractivity (Wildman–Crippen MR) is 227 cm³/mol. The van der Waals surface area contributed by atoms with Gasteiger partial charge in [0, 0.05) is 68.3 Å². The van der Waals surface area contributed by atoms with Crippen LogP contribution in [0, 0.1) is 11.3 Å². The molecule has 1 saturated carbocycles. The van der Waals surface area contributed by atoms with E-state index in [0.29, 0.717) is 90.5 Å². The maximum Gasteiger partial charge on any atom is 0.410 e. The number of halogens is 2. The zero-order chi connectivity index (χ0) is 41.6. The van der Waals surface area contributed by atoms with Gasteiger partial charge in [-0.15, -0.1) is 0 Å². The van der Waals surface area contributed by atoms with E-state index in [1.54, 1.807) is 46.0 Å². The number of piperazine rings is 1. The molecule has 1 saturated heterocycles. The van der Waals surface area contributed by atoms with Crippen molar-refractivity contribution in [3.8, 4) is 6.07 Å². The molecular formula is C41H50Cl2N10O5. The molecule has 0 spiro atoms. The van der Waals surface area contributed by atoms with Crippen LogP contribution < -0.4 is 32.1 Å². The summed E-state index contributed by atoms with van der Waals surface area (Å²) in [5.41, 5.74) is 7.17. The van der Waals surface area contributed by atoms with Gasteiger partial charge >= 0.3 is 12.2 Å². The highest BCUT2D eigenvalue weighted by Gasteiger charge is 2.33. The summed E-state index contributed by atoms with van der Waals surface area (Å²) in [4.78, 5) is 51.9. The van der Waals surface area contributed by atoms with Crippen LogP contribution >= 0.6 is 23.2 Å². The molecule has 0 radical (unpaired) electrons. The van der Waals surface area contributed by atoms with Crippen LogP contribution in [0.4, 0.5) is 38.3 Å². The third-order valence-corrected chi connectivity index (χ3v) is 11.0. The summed E-state index contributed by atoms with van der Waals surface area (Å²) >= 11 is 13.0. The van der Waals surface area contributed by atoms with Crippen molar-refractivity contribution >= 4 is 75.1 Å². The minimum Gasteiger partial charge on any atom is -0.444 e. The summed E-state index contributed by atoms with van der Waals surface area (Å²) in [6, 6.07) is 14.3. The molecule has 6 rings (SSSR count). The molecule has 1 aliphatic heterocycles. The lowest BCUT2D eigenvalue weighted by Crippen LogP contribution is -2.50. The molecule has 2 amide bonds. The van der Waals surface area contributed by atoms with E-state index in [9.17, 15) is 19.6 Å². The molecular weight excluding hydrogens is 783 g/mol. The van der Waals surface area contributed by atoms with Gasteiger partial charge in [0.15, 0.2) is 0 Å². The van der Waals surface area contributed by atoms with E-state index in [1.165, 1.54) is 0 Å². The van der Waals surface area contributed by atoms with E-state index in [1.807, 2.05) is 45.9 Å². The predicted octanol–water partition coefficient (Wildman–Crippen LogP) is 7.85. The van der Waals surface area contributed by atoms with E-state index >= 15 is 0 Å². The van der Waals surface area contributed by atoms with E-state index in [-0.39, 0.29) is 17.2 Å². The Morgan fingerprint density at radius 2 is 1.66 bits per heavy atom. The first-order valence-corrected chi connectivity index (χ1v) is 20.2. The van der Waals surface area contributed by atoms with Crippen molar-refractivity contribution in [3.63, 3.8) is 0 Å². The number of anilines is 5. The molecule has 1 aliphatic carbocycles. The fourth-order valence-corrected chi connectivity index (χ4v) is 7.75. The largest absolute Gasteiger partial charge is 0.444 e. The molecule has 58 heavy (non-hydrogen) atoms. The van der Waals surface area contributed by atoms with Crippen LogP contribution in [0.5, 0.6) is 0 Å². The monoisotopic (exact) mass is 832 g/mol. The molecule has 2 aromatic heterocycles. The van der Waals surface area contributed by atoms with Crippen molar-refractivity contribution in [1.82, 2.24) is 24.8 Å². The average Bonchev–Trinajstić information content (AvgIpc) is 3.71. The highest BCUT2D eigenvalue weighted by molar-refractivity contribution is 6.34. The number of benzene rings is 2. The summed E-state index contributed by atoms with van der Waals surface area (Å²) in [7, 11) is 0. The van der Waals surface area contributed by atoms with E-state index in [0.717, 1.165) is 37.1 Å². The molecule has 3 heterocycles. The second kappa shape index (κ2) is 18.0. The number of pyridine rings is 1. The number of ether oxygens (including phenoxy) is 2. The van der Waals surface area contributed by atoms with E-state index in [2.05, 4.69) is 25.8 Å². The number of nitrogens with zero attached hydrogens (tertiary/aromatic N) is 6. The van der Waals surface area contributed by atoms with Crippen LogP contribution in [0.3, 0.4) is 0 Å². The van der Waals surface area contributed by atoms with Gasteiger partial charge in [0.2, 0.25) is 5.95 Å². The average molecular weight is 834 g/mol. The Labute approximate surface area is 347 Å². The number of nitrogen functional groups attached to an aromatic ring is 1. The first kappa shape index (κ1) is 42.2. The Kier molecular flexibility index (Phi) is 13.1. The number of carbonyl (C=O) groups is 2. The lowest BCUT2D eigenvalue weighted by atomic mass is 9.94. The number of hydrogen-bond donors (Lipinski definition) is 4. The first-order valence-electron chi connectivity index (χ1n) is 19.5. The number of nitrogens with one attached hydrogen (secondary N) is 3. The van der Waals surface area contributed by atoms with Crippen molar-refractivity contribution < 1.29 is 19.1 Å². The Morgan fingerprint density at radius 1 is 0.948 bits per heavy atom. The molecule has 5 N–H and O–H groups in total. The Balaban J connectivity index is 0.961. The van der Waals surface area contributed by atoms with Crippen LogP contribution in [-0.4, -0.2) is 82.1 Å². The lowest BCUT2D eigenvalue weighted by molar-refractivity contribution is -0.0194. The minimum atomic E-state index is -0.803. The van der Waals surface area contributed by atoms with Crippen LogP contribution in [0.15, 0.2) is 53.5 Å². The van der Waals surface area contributed by atoms with Gasteiger partial charge in [-0.1, -0.05) is 36.0 Å². The van der Waals surface area contributed by atoms with Crippen molar-refractivity contribution in [2.24, 2.45) is 0 Å². The van der Waals surface area contributed by atoms with Crippen molar-refractivity contribution in [2.75, 3.05) is 60.5 Å². The third-order valence-electron chi connectivity index (χ3n) is 10.4. The maximum atomic E-state index is 13.2. The van der Waals surface area contributed by atoms with Gasteiger partial charge in [-0.25, -0.2) is 14.6 Å². The van der Waals surface area contributed by atoms with Crippen molar-refractivity contribution in [3.05, 3.63) is 74.6 Å². The fourth-order valence-electron chi connectivity index (χ4n) is 7.19. The normalized spacial score (nSPS) is 14.9. The first-order chi connectivity index (χ1) is 27.6. The number of alkyl carbamates (subject to hydrolysis) is 1. The summed E-state index contributed by atoms with van der Waals surface area (Å²) < 4.78 is 13.3. The van der Waals surface area contributed by atoms with Gasteiger partial charge in [-0.3, -0.25) is 9.36 Å². The van der Waals surface area contributed by atoms with Gasteiger partial charge < -0.3 is 41.0 Å². The summed E-state index contributed by atoms with van der Waals surface area (Å²) in [5, 5.41) is 20.3. The molecule has 0 bridgehead atoms. The maximum absolute atomic E-state index is 13.2. The van der Waals surface area contributed by atoms with Gasteiger partial charge in [0.1, 0.15) is 28.5 Å².